The lowest BCUT2D eigenvalue weighted by Crippen LogP contribution is -1.98. The highest BCUT2D eigenvalue weighted by Crippen LogP contribution is 2.23. The highest BCUT2D eigenvalue weighted by Gasteiger charge is 2.20. The van der Waals surface area contributed by atoms with Gasteiger partial charge in [-0.25, -0.2) is 8.78 Å². The summed E-state index contributed by atoms with van der Waals surface area (Å²) in [6.45, 7) is 0. The summed E-state index contributed by atoms with van der Waals surface area (Å²) in [5, 5.41) is 18.6. The van der Waals surface area contributed by atoms with Gasteiger partial charge in [0, 0.05) is 6.07 Å². The van der Waals surface area contributed by atoms with Gasteiger partial charge in [0.2, 0.25) is 0 Å². The van der Waals surface area contributed by atoms with E-state index in [-0.39, 0.29) is 0 Å². The fourth-order valence-electron chi connectivity index (χ4n) is 0.827. The molecule has 0 N–H and O–H groups in total. The van der Waals surface area contributed by atoms with Crippen LogP contribution in [0.5, 0.6) is 0 Å². The van der Waals surface area contributed by atoms with Crippen LogP contribution in [0, 0.1) is 21.4 Å². The molecule has 0 saturated heterocycles. The molecule has 14 heavy (non-hydrogen) atoms. The van der Waals surface area contributed by atoms with Crippen molar-refractivity contribution < 1.29 is 13.7 Å². The van der Waals surface area contributed by atoms with Crippen LogP contribution in [0.25, 0.3) is 0 Å². The summed E-state index contributed by atoms with van der Waals surface area (Å²) >= 11 is 0. The van der Waals surface area contributed by atoms with Gasteiger partial charge in [0.1, 0.15) is 6.07 Å². The Kier molecular flexibility index (Phi) is 2.67. The molecular weight excluding hydrogens is 196 g/mol. The number of pyridine rings is 1. The Morgan fingerprint density at radius 2 is 2.21 bits per heavy atom. The lowest BCUT2D eigenvalue weighted by Gasteiger charge is -1.97. The summed E-state index contributed by atoms with van der Waals surface area (Å²) in [5.74, 6) is -0.619. The number of rotatable bonds is 2. The summed E-state index contributed by atoms with van der Waals surface area (Å²) in [6, 6.07) is 3.04. The molecule has 0 radical (unpaired) electrons. The summed E-state index contributed by atoms with van der Waals surface area (Å²) in [6.07, 6.45) is -2.86. The monoisotopic (exact) mass is 199 g/mol. The van der Waals surface area contributed by atoms with Crippen LogP contribution in [0.1, 0.15) is 17.7 Å². The second kappa shape index (κ2) is 3.74. The fourth-order valence-corrected chi connectivity index (χ4v) is 0.827. The maximum atomic E-state index is 12.2. The van der Waals surface area contributed by atoms with Crippen molar-refractivity contribution in [3.63, 3.8) is 0 Å². The Morgan fingerprint density at radius 3 is 2.64 bits per heavy atom. The summed E-state index contributed by atoms with van der Waals surface area (Å²) in [5.41, 5.74) is -1.22. The minimum atomic E-state index is -2.86. The number of nitrogens with zero attached hydrogens (tertiary/aromatic N) is 3. The van der Waals surface area contributed by atoms with Gasteiger partial charge in [0.05, 0.1) is 5.56 Å². The quantitative estimate of drug-likeness (QED) is 0.537. The summed E-state index contributed by atoms with van der Waals surface area (Å²) in [4.78, 5) is 12.5. The van der Waals surface area contributed by atoms with Gasteiger partial charge in [-0.3, -0.25) is 0 Å². The number of nitro groups is 1. The predicted molar refractivity (Wildman–Crippen MR) is 40.6 cm³/mol. The van der Waals surface area contributed by atoms with E-state index in [0.29, 0.717) is 0 Å². The average molecular weight is 199 g/mol. The molecule has 0 aromatic carbocycles. The molecule has 1 aromatic rings. The molecule has 7 heteroatoms. The van der Waals surface area contributed by atoms with Crippen molar-refractivity contribution >= 4 is 5.82 Å². The third kappa shape index (κ3) is 1.80. The third-order valence-electron chi connectivity index (χ3n) is 1.44. The van der Waals surface area contributed by atoms with E-state index in [1.807, 2.05) is 0 Å². The van der Waals surface area contributed by atoms with Crippen molar-refractivity contribution in [3.8, 4) is 6.07 Å². The van der Waals surface area contributed by atoms with Crippen molar-refractivity contribution in [2.45, 2.75) is 6.43 Å². The van der Waals surface area contributed by atoms with E-state index in [1.165, 1.54) is 6.07 Å². The zero-order valence-corrected chi connectivity index (χ0v) is 6.65. The Hall–Kier alpha value is -2.10. The second-order valence-corrected chi connectivity index (χ2v) is 2.28. The minimum absolute atomic E-state index is 0.599. The number of aromatic nitrogens is 1. The van der Waals surface area contributed by atoms with Crippen molar-refractivity contribution in [1.82, 2.24) is 4.98 Å². The molecule has 72 valence electrons. The molecule has 5 nitrogen and oxygen atoms in total. The van der Waals surface area contributed by atoms with Crippen molar-refractivity contribution in [1.29, 1.82) is 5.26 Å². The molecule has 0 fully saturated rings. The van der Waals surface area contributed by atoms with Crippen LogP contribution in [0.2, 0.25) is 0 Å². The predicted octanol–water partition coefficient (Wildman–Crippen LogP) is 1.80. The van der Waals surface area contributed by atoms with E-state index in [2.05, 4.69) is 4.98 Å². The smallest absolute Gasteiger partial charge is 0.358 e. The standard InChI is InChI=1S/C7H3F2N3O2/c8-7(9)4-1-2-6(12(13)14)11-5(4)3-10/h1-2,7H. The fraction of sp³-hybridized carbons (Fsp3) is 0.143. The van der Waals surface area contributed by atoms with Crippen molar-refractivity contribution in [2.24, 2.45) is 0 Å². The molecule has 0 aliphatic heterocycles. The first-order chi connectivity index (χ1) is 6.56. The van der Waals surface area contributed by atoms with Crippen molar-refractivity contribution in [3.05, 3.63) is 33.5 Å². The van der Waals surface area contributed by atoms with Gasteiger partial charge in [-0.1, -0.05) is 0 Å². The van der Waals surface area contributed by atoms with Crippen LogP contribution in [-0.2, 0) is 0 Å². The Balaban J connectivity index is 3.27. The molecule has 0 aliphatic rings. The normalized spacial score (nSPS) is 9.86. The van der Waals surface area contributed by atoms with Crippen molar-refractivity contribution in [2.75, 3.05) is 0 Å². The SMILES string of the molecule is N#Cc1nc([N+](=O)[O-])ccc1C(F)F. The van der Waals surface area contributed by atoms with Crippen LogP contribution in [0.4, 0.5) is 14.6 Å². The van der Waals surface area contributed by atoms with E-state index >= 15 is 0 Å². The average Bonchev–Trinajstić information content (AvgIpc) is 2.16. The minimum Gasteiger partial charge on any atom is -0.358 e. The molecule has 0 atom stereocenters. The maximum absolute atomic E-state index is 12.2. The molecule has 0 saturated carbocycles. The Morgan fingerprint density at radius 1 is 1.57 bits per heavy atom. The first-order valence-corrected chi connectivity index (χ1v) is 3.40. The highest BCUT2D eigenvalue weighted by molar-refractivity contribution is 5.37. The zero-order valence-electron chi connectivity index (χ0n) is 6.65. The largest absolute Gasteiger partial charge is 0.364 e. The molecule has 0 bridgehead atoms. The third-order valence-corrected chi connectivity index (χ3v) is 1.44. The maximum Gasteiger partial charge on any atom is 0.364 e. The number of alkyl halides is 2. The lowest BCUT2D eigenvalue weighted by molar-refractivity contribution is -0.389. The molecule has 0 aliphatic carbocycles. The molecule has 1 aromatic heterocycles. The van der Waals surface area contributed by atoms with E-state index in [4.69, 9.17) is 5.26 Å². The Bertz CT molecular complexity index is 414. The number of hydrogen-bond donors (Lipinski definition) is 0. The zero-order chi connectivity index (χ0) is 10.7. The van der Waals surface area contributed by atoms with Crippen LogP contribution in [0.15, 0.2) is 12.1 Å². The Labute approximate surface area is 76.8 Å². The molecule has 1 rings (SSSR count). The van der Waals surface area contributed by atoms with Gasteiger partial charge in [0.25, 0.3) is 12.1 Å². The van der Waals surface area contributed by atoms with Crippen LogP contribution < -0.4 is 0 Å². The first kappa shape index (κ1) is 9.98. The van der Waals surface area contributed by atoms with E-state index < -0.39 is 28.4 Å². The molecule has 0 spiro atoms. The number of nitriles is 1. The van der Waals surface area contributed by atoms with Gasteiger partial charge in [-0.05, 0) is 16.0 Å². The molecule has 1 heterocycles. The number of halogens is 2. The second-order valence-electron chi connectivity index (χ2n) is 2.28. The summed E-state index contributed by atoms with van der Waals surface area (Å²) < 4.78 is 24.4. The van der Waals surface area contributed by atoms with E-state index in [1.54, 1.807) is 0 Å². The lowest BCUT2D eigenvalue weighted by atomic mass is 10.2. The highest BCUT2D eigenvalue weighted by atomic mass is 19.3. The van der Waals surface area contributed by atoms with E-state index in [0.717, 1.165) is 12.1 Å². The van der Waals surface area contributed by atoms with Gasteiger partial charge < -0.3 is 10.1 Å². The van der Waals surface area contributed by atoms with Gasteiger partial charge in [-0.15, -0.1) is 0 Å². The van der Waals surface area contributed by atoms with Crippen LogP contribution in [-0.4, -0.2) is 9.91 Å². The molecule has 0 amide bonds. The van der Waals surface area contributed by atoms with Gasteiger partial charge in [-0.2, -0.15) is 5.26 Å². The number of hydrogen-bond acceptors (Lipinski definition) is 4. The summed E-state index contributed by atoms with van der Waals surface area (Å²) in [7, 11) is 0. The molecular formula is C7H3F2N3O2. The topological polar surface area (TPSA) is 79.8 Å². The van der Waals surface area contributed by atoms with Gasteiger partial charge in [0.15, 0.2) is 0 Å². The van der Waals surface area contributed by atoms with Crippen LogP contribution >= 0.6 is 0 Å². The first-order valence-electron chi connectivity index (χ1n) is 3.40. The molecule has 0 unspecified atom stereocenters. The van der Waals surface area contributed by atoms with E-state index in [9.17, 15) is 18.9 Å². The van der Waals surface area contributed by atoms with Gasteiger partial charge >= 0.3 is 5.82 Å². The van der Waals surface area contributed by atoms with Crippen LogP contribution in [0.3, 0.4) is 0 Å².